The Morgan fingerprint density at radius 1 is 1.19 bits per heavy atom. The zero-order valence-corrected chi connectivity index (χ0v) is 14.7. The van der Waals surface area contributed by atoms with Gasteiger partial charge in [0.25, 0.3) is 5.91 Å². The van der Waals surface area contributed by atoms with Crippen molar-refractivity contribution in [1.29, 1.82) is 0 Å². The van der Waals surface area contributed by atoms with E-state index in [1.165, 1.54) is 31.3 Å². The predicted molar refractivity (Wildman–Crippen MR) is 88.8 cm³/mol. The number of nitrogens with one attached hydrogen (secondary N) is 2. The molecule has 2 heterocycles. The van der Waals surface area contributed by atoms with Gasteiger partial charge in [-0.05, 0) is 24.3 Å². The zero-order chi connectivity index (χ0) is 19.6. The second kappa shape index (κ2) is 7.25. The minimum absolute atomic E-state index is 0.0397. The first kappa shape index (κ1) is 18.7. The van der Waals surface area contributed by atoms with Crippen LogP contribution in [0.15, 0.2) is 41.6 Å². The van der Waals surface area contributed by atoms with E-state index in [0.29, 0.717) is 0 Å². The SMILES string of the molecule is CN(CC1NC(=O)NC1=O)S(=O)(=O)c1ccc(Oc2ncc(F)cn2)cc1. The Balaban J connectivity index is 1.70. The van der Waals surface area contributed by atoms with Gasteiger partial charge in [-0.2, -0.15) is 4.31 Å². The number of hydrogen-bond donors (Lipinski definition) is 2. The highest BCUT2D eigenvalue weighted by atomic mass is 32.2. The van der Waals surface area contributed by atoms with Gasteiger partial charge >= 0.3 is 12.0 Å². The summed E-state index contributed by atoms with van der Waals surface area (Å²) in [5.41, 5.74) is 0. The van der Waals surface area contributed by atoms with Crippen LogP contribution in [0.5, 0.6) is 11.8 Å². The third-order valence-corrected chi connectivity index (χ3v) is 5.47. The van der Waals surface area contributed by atoms with Crippen LogP contribution in [0.4, 0.5) is 9.18 Å². The van der Waals surface area contributed by atoms with Gasteiger partial charge in [0, 0.05) is 13.6 Å². The van der Waals surface area contributed by atoms with Crippen LogP contribution in [-0.4, -0.2) is 54.3 Å². The molecule has 2 N–H and O–H groups in total. The summed E-state index contributed by atoms with van der Waals surface area (Å²) >= 11 is 0. The molecule has 1 fully saturated rings. The van der Waals surface area contributed by atoms with Gasteiger partial charge in [-0.1, -0.05) is 0 Å². The van der Waals surface area contributed by atoms with Gasteiger partial charge < -0.3 is 10.1 Å². The first-order chi connectivity index (χ1) is 12.8. The second-order valence-corrected chi connectivity index (χ2v) is 7.60. The average Bonchev–Trinajstić information content (AvgIpc) is 2.94. The first-order valence-corrected chi connectivity index (χ1v) is 9.03. The van der Waals surface area contributed by atoms with E-state index in [2.05, 4.69) is 15.3 Å². The molecule has 142 valence electrons. The maximum Gasteiger partial charge on any atom is 0.322 e. The summed E-state index contributed by atoms with van der Waals surface area (Å²) in [7, 11) is -2.60. The van der Waals surface area contributed by atoms with Crippen LogP contribution in [-0.2, 0) is 14.8 Å². The van der Waals surface area contributed by atoms with Gasteiger partial charge in [-0.15, -0.1) is 0 Å². The van der Waals surface area contributed by atoms with E-state index >= 15 is 0 Å². The van der Waals surface area contributed by atoms with Crippen LogP contribution < -0.4 is 15.4 Å². The molecule has 1 aliphatic heterocycles. The minimum atomic E-state index is -3.90. The highest BCUT2D eigenvalue weighted by Crippen LogP contribution is 2.22. The number of rotatable bonds is 6. The molecule has 1 unspecified atom stereocenters. The summed E-state index contributed by atoms with van der Waals surface area (Å²) in [5.74, 6) is -0.949. The van der Waals surface area contributed by atoms with Crippen molar-refractivity contribution in [3.63, 3.8) is 0 Å². The number of ether oxygens (including phenoxy) is 1. The molecule has 0 spiro atoms. The summed E-state index contributed by atoms with van der Waals surface area (Å²) < 4.78 is 44.2. The topological polar surface area (TPSA) is 131 Å². The molecule has 10 nitrogen and oxygen atoms in total. The van der Waals surface area contributed by atoms with E-state index in [1.54, 1.807) is 0 Å². The van der Waals surface area contributed by atoms with E-state index < -0.39 is 33.8 Å². The molecule has 0 radical (unpaired) electrons. The van der Waals surface area contributed by atoms with Crippen LogP contribution in [0, 0.1) is 5.82 Å². The van der Waals surface area contributed by atoms with Crippen LogP contribution >= 0.6 is 0 Å². The molecule has 1 aromatic carbocycles. The minimum Gasteiger partial charge on any atom is -0.424 e. The Morgan fingerprint density at radius 3 is 2.37 bits per heavy atom. The van der Waals surface area contributed by atoms with Crippen molar-refractivity contribution in [2.45, 2.75) is 10.9 Å². The molecule has 27 heavy (non-hydrogen) atoms. The Labute approximate surface area is 153 Å². The monoisotopic (exact) mass is 395 g/mol. The number of halogens is 1. The van der Waals surface area contributed by atoms with E-state index in [0.717, 1.165) is 16.7 Å². The standard InChI is InChI=1S/C15H14FN5O5S/c1-21(8-12-13(22)20-14(23)19-12)27(24,25)11-4-2-10(3-5-11)26-15-17-6-9(16)7-18-15/h2-7,12H,8H2,1H3,(H2,19,20,22,23). The van der Waals surface area contributed by atoms with E-state index in [-0.39, 0.29) is 23.2 Å². The van der Waals surface area contributed by atoms with Gasteiger partial charge in [0.2, 0.25) is 10.0 Å². The molecular weight excluding hydrogens is 381 g/mol. The molecule has 0 bridgehead atoms. The van der Waals surface area contributed by atoms with Crippen molar-refractivity contribution in [3.8, 4) is 11.8 Å². The fourth-order valence-electron chi connectivity index (χ4n) is 2.26. The number of sulfonamides is 1. The molecule has 12 heteroatoms. The predicted octanol–water partition coefficient (Wildman–Crippen LogP) is 0.236. The van der Waals surface area contributed by atoms with Crippen LogP contribution in [0.1, 0.15) is 0 Å². The van der Waals surface area contributed by atoms with Crippen molar-refractivity contribution in [2.75, 3.05) is 13.6 Å². The Hall–Kier alpha value is -3.12. The molecule has 1 aromatic heterocycles. The van der Waals surface area contributed by atoms with Crippen molar-refractivity contribution < 1.29 is 27.1 Å². The van der Waals surface area contributed by atoms with Crippen molar-refractivity contribution in [3.05, 3.63) is 42.5 Å². The summed E-state index contributed by atoms with van der Waals surface area (Å²) in [4.78, 5) is 29.9. The fourth-order valence-corrected chi connectivity index (χ4v) is 3.45. The largest absolute Gasteiger partial charge is 0.424 e. The zero-order valence-electron chi connectivity index (χ0n) is 13.9. The van der Waals surface area contributed by atoms with Gasteiger partial charge in [-0.25, -0.2) is 27.6 Å². The average molecular weight is 395 g/mol. The lowest BCUT2D eigenvalue weighted by Crippen LogP contribution is -2.42. The quantitative estimate of drug-likeness (QED) is 0.670. The Morgan fingerprint density at radius 2 is 1.81 bits per heavy atom. The number of benzene rings is 1. The lowest BCUT2D eigenvalue weighted by molar-refractivity contribution is -0.120. The fraction of sp³-hybridized carbons (Fsp3) is 0.200. The Kier molecular flexibility index (Phi) is 5.01. The van der Waals surface area contributed by atoms with Gasteiger partial charge in [-0.3, -0.25) is 10.1 Å². The molecule has 1 aliphatic rings. The smallest absolute Gasteiger partial charge is 0.322 e. The molecule has 3 rings (SSSR count). The number of carbonyl (C=O) groups is 2. The maximum absolute atomic E-state index is 12.8. The normalized spacial score (nSPS) is 16.9. The van der Waals surface area contributed by atoms with Crippen LogP contribution in [0.25, 0.3) is 0 Å². The van der Waals surface area contributed by atoms with Gasteiger partial charge in [0.05, 0.1) is 17.3 Å². The molecule has 0 aliphatic carbocycles. The summed E-state index contributed by atoms with van der Waals surface area (Å²) in [5, 5.41) is 4.37. The number of nitrogens with zero attached hydrogens (tertiary/aromatic N) is 3. The molecule has 1 atom stereocenters. The number of aromatic nitrogens is 2. The molecule has 3 amide bonds. The van der Waals surface area contributed by atoms with Crippen molar-refractivity contribution >= 4 is 22.0 Å². The summed E-state index contributed by atoms with van der Waals surface area (Å²) in [6.07, 6.45) is 1.88. The number of imide groups is 1. The highest BCUT2D eigenvalue weighted by molar-refractivity contribution is 7.89. The third kappa shape index (κ3) is 4.17. The Bertz CT molecular complexity index is 965. The summed E-state index contributed by atoms with van der Waals surface area (Å²) in [6.45, 7) is -0.221. The number of carbonyl (C=O) groups excluding carboxylic acids is 2. The number of urea groups is 1. The number of hydrogen-bond acceptors (Lipinski definition) is 7. The maximum atomic E-state index is 12.8. The van der Waals surface area contributed by atoms with E-state index in [4.69, 9.17) is 4.74 Å². The van der Waals surface area contributed by atoms with Gasteiger partial charge in [0.15, 0.2) is 5.82 Å². The number of amides is 3. The van der Waals surface area contributed by atoms with Gasteiger partial charge in [0.1, 0.15) is 11.8 Å². The van der Waals surface area contributed by atoms with Crippen molar-refractivity contribution in [2.24, 2.45) is 0 Å². The van der Waals surface area contributed by atoms with Crippen LogP contribution in [0.2, 0.25) is 0 Å². The molecule has 0 saturated carbocycles. The highest BCUT2D eigenvalue weighted by Gasteiger charge is 2.33. The molecule has 1 saturated heterocycles. The van der Waals surface area contributed by atoms with Crippen molar-refractivity contribution in [1.82, 2.24) is 24.9 Å². The molecular formula is C15H14FN5O5S. The van der Waals surface area contributed by atoms with E-state index in [1.807, 2.05) is 5.32 Å². The van der Waals surface area contributed by atoms with Crippen LogP contribution in [0.3, 0.4) is 0 Å². The number of likely N-dealkylation sites (N-methyl/N-ethyl adjacent to an activating group) is 1. The van der Waals surface area contributed by atoms with E-state index in [9.17, 15) is 22.4 Å². The first-order valence-electron chi connectivity index (χ1n) is 7.59. The lowest BCUT2D eigenvalue weighted by atomic mass is 10.3. The second-order valence-electron chi connectivity index (χ2n) is 5.56. The lowest BCUT2D eigenvalue weighted by Gasteiger charge is -2.19. The summed E-state index contributed by atoms with van der Waals surface area (Å²) in [6, 6.07) is 3.66. The third-order valence-electron chi connectivity index (χ3n) is 3.64. The molecule has 2 aromatic rings.